The second-order valence-corrected chi connectivity index (χ2v) is 4.50. The van der Waals surface area contributed by atoms with Crippen molar-refractivity contribution in [3.05, 3.63) is 36.0 Å². The van der Waals surface area contributed by atoms with Gasteiger partial charge in [-0.3, -0.25) is 0 Å². The van der Waals surface area contributed by atoms with Crippen molar-refractivity contribution in [2.24, 2.45) is 0 Å². The van der Waals surface area contributed by atoms with Gasteiger partial charge in [-0.05, 0) is 12.1 Å². The number of rotatable bonds is 6. The first-order chi connectivity index (χ1) is 9.94. The van der Waals surface area contributed by atoms with Crippen LogP contribution in [0.5, 0.6) is 5.75 Å². The van der Waals surface area contributed by atoms with E-state index in [0.717, 1.165) is 5.39 Å². The zero-order chi connectivity index (χ0) is 15.5. The summed E-state index contributed by atoms with van der Waals surface area (Å²) < 4.78 is 54.8. The van der Waals surface area contributed by atoms with Gasteiger partial charge in [0.05, 0.1) is 19.3 Å². The van der Waals surface area contributed by atoms with Crippen LogP contribution in [-0.2, 0) is 6.54 Å². The normalized spacial score (nSPS) is 12.1. The highest BCUT2D eigenvalue weighted by Crippen LogP contribution is 2.24. The Kier molecular flexibility index (Phi) is 4.62. The van der Waals surface area contributed by atoms with Crippen LogP contribution in [0, 0.1) is 0 Å². The molecule has 0 aliphatic heterocycles. The van der Waals surface area contributed by atoms with Crippen LogP contribution in [0.3, 0.4) is 0 Å². The van der Waals surface area contributed by atoms with Gasteiger partial charge >= 0.3 is 12.3 Å². The molecule has 0 saturated carbocycles. The Morgan fingerprint density at radius 3 is 2.67 bits per heavy atom. The van der Waals surface area contributed by atoms with Crippen LogP contribution in [0.1, 0.15) is 5.69 Å². The summed E-state index contributed by atoms with van der Waals surface area (Å²) in [7, 11) is 1.50. The van der Waals surface area contributed by atoms with Crippen LogP contribution < -0.4 is 10.1 Å². The molecule has 0 aliphatic carbocycles. The van der Waals surface area contributed by atoms with Crippen molar-refractivity contribution >= 4 is 10.9 Å². The largest absolute Gasteiger partial charge is 0.494 e. The van der Waals surface area contributed by atoms with Crippen molar-refractivity contribution in [2.45, 2.75) is 18.9 Å². The molecule has 0 amide bonds. The van der Waals surface area contributed by atoms with Gasteiger partial charge in [-0.15, -0.1) is 0 Å². The van der Waals surface area contributed by atoms with E-state index in [9.17, 15) is 17.6 Å². The van der Waals surface area contributed by atoms with E-state index in [1.165, 1.54) is 7.11 Å². The van der Waals surface area contributed by atoms with Gasteiger partial charge < -0.3 is 10.1 Å². The van der Waals surface area contributed by atoms with Gasteiger partial charge in [-0.1, -0.05) is 18.2 Å². The fourth-order valence-electron chi connectivity index (χ4n) is 1.86. The molecule has 1 aromatic heterocycles. The Morgan fingerprint density at radius 1 is 1.24 bits per heavy atom. The van der Waals surface area contributed by atoms with Gasteiger partial charge in [-0.2, -0.15) is 8.78 Å². The van der Waals surface area contributed by atoms with Crippen molar-refractivity contribution in [1.29, 1.82) is 0 Å². The van der Waals surface area contributed by atoms with E-state index >= 15 is 0 Å². The minimum absolute atomic E-state index is 0.0314. The maximum Gasteiger partial charge on any atom is 0.319 e. The molecule has 1 aromatic carbocycles. The molecule has 21 heavy (non-hydrogen) atoms. The highest BCUT2D eigenvalue weighted by Gasteiger charge is 2.39. The summed E-state index contributed by atoms with van der Waals surface area (Å²) in [5.41, 5.74) is 1.07. The number of para-hydroxylation sites is 1. The SMILES string of the molecule is COc1cccc2ccc(CNCC(F)(F)C(F)F)nc12. The van der Waals surface area contributed by atoms with Crippen LogP contribution in [0.4, 0.5) is 17.6 Å². The average Bonchev–Trinajstić information content (AvgIpc) is 2.46. The van der Waals surface area contributed by atoms with E-state index in [1.807, 2.05) is 12.1 Å². The molecule has 3 nitrogen and oxygen atoms in total. The van der Waals surface area contributed by atoms with Gasteiger partial charge in [0.1, 0.15) is 11.3 Å². The van der Waals surface area contributed by atoms with Crippen LogP contribution in [0.15, 0.2) is 30.3 Å². The van der Waals surface area contributed by atoms with Gasteiger partial charge in [0.15, 0.2) is 0 Å². The second-order valence-electron chi connectivity index (χ2n) is 4.50. The number of alkyl halides is 4. The first kappa shape index (κ1) is 15.5. The number of nitrogens with one attached hydrogen (secondary N) is 1. The quantitative estimate of drug-likeness (QED) is 0.832. The van der Waals surface area contributed by atoms with Gasteiger partial charge in [0.25, 0.3) is 0 Å². The molecule has 0 bridgehead atoms. The maximum absolute atomic E-state index is 12.8. The summed E-state index contributed by atoms with van der Waals surface area (Å²) in [5, 5.41) is 3.14. The highest BCUT2D eigenvalue weighted by molar-refractivity contribution is 5.84. The van der Waals surface area contributed by atoms with Crippen molar-refractivity contribution in [2.75, 3.05) is 13.7 Å². The lowest BCUT2D eigenvalue weighted by Gasteiger charge is -2.15. The molecular formula is C14H14F4N2O. The minimum Gasteiger partial charge on any atom is -0.494 e. The lowest BCUT2D eigenvalue weighted by atomic mass is 10.2. The summed E-state index contributed by atoms with van der Waals surface area (Å²) in [6.07, 6.45) is -3.69. The lowest BCUT2D eigenvalue weighted by molar-refractivity contribution is -0.125. The number of fused-ring (bicyclic) bond motifs is 1. The zero-order valence-corrected chi connectivity index (χ0v) is 11.2. The van der Waals surface area contributed by atoms with E-state index in [4.69, 9.17) is 4.74 Å². The van der Waals surface area contributed by atoms with E-state index in [1.54, 1.807) is 18.2 Å². The van der Waals surface area contributed by atoms with Gasteiger partial charge in [0.2, 0.25) is 0 Å². The minimum atomic E-state index is -4.05. The van der Waals surface area contributed by atoms with E-state index in [2.05, 4.69) is 10.3 Å². The summed E-state index contributed by atoms with van der Waals surface area (Å²) in [4.78, 5) is 4.29. The highest BCUT2D eigenvalue weighted by atomic mass is 19.3. The number of halogens is 4. The molecule has 2 aromatic rings. The van der Waals surface area contributed by atoms with Crippen LogP contribution in [-0.4, -0.2) is 31.0 Å². The Morgan fingerprint density at radius 2 is 2.00 bits per heavy atom. The first-order valence-electron chi connectivity index (χ1n) is 6.23. The molecule has 7 heteroatoms. The standard InChI is InChI=1S/C14H14F4N2O/c1-21-11-4-2-3-9-5-6-10(20-12(9)11)7-19-8-14(17,18)13(15)16/h2-6,13,19H,7-8H2,1H3. The molecule has 0 atom stereocenters. The summed E-state index contributed by atoms with van der Waals surface area (Å²) in [5.74, 6) is -3.48. The number of nitrogens with zero attached hydrogens (tertiary/aromatic N) is 1. The van der Waals surface area contributed by atoms with Crippen LogP contribution >= 0.6 is 0 Å². The lowest BCUT2D eigenvalue weighted by Crippen LogP contribution is -2.38. The Balaban J connectivity index is 2.09. The smallest absolute Gasteiger partial charge is 0.319 e. The number of hydrogen-bond acceptors (Lipinski definition) is 3. The first-order valence-corrected chi connectivity index (χ1v) is 6.23. The molecule has 0 radical (unpaired) electrons. The van der Waals surface area contributed by atoms with Crippen molar-refractivity contribution in [1.82, 2.24) is 10.3 Å². The summed E-state index contributed by atoms with van der Waals surface area (Å²) in [6, 6.07) is 8.80. The monoisotopic (exact) mass is 302 g/mol. The summed E-state index contributed by atoms with van der Waals surface area (Å²) >= 11 is 0. The predicted octanol–water partition coefficient (Wildman–Crippen LogP) is 3.23. The van der Waals surface area contributed by atoms with Crippen molar-refractivity contribution in [3.63, 3.8) is 0 Å². The third-order valence-electron chi connectivity index (χ3n) is 2.95. The second kappa shape index (κ2) is 6.26. The third kappa shape index (κ3) is 3.60. The number of pyridine rings is 1. The number of methoxy groups -OCH3 is 1. The number of aromatic nitrogens is 1. The topological polar surface area (TPSA) is 34.1 Å². The molecule has 0 fully saturated rings. The third-order valence-corrected chi connectivity index (χ3v) is 2.95. The van der Waals surface area contributed by atoms with Crippen LogP contribution in [0.2, 0.25) is 0 Å². The van der Waals surface area contributed by atoms with Crippen LogP contribution in [0.25, 0.3) is 10.9 Å². The molecule has 0 unspecified atom stereocenters. The Bertz CT molecular complexity index is 619. The van der Waals surface area contributed by atoms with Gasteiger partial charge in [0, 0.05) is 11.9 Å². The molecule has 0 aliphatic rings. The molecule has 114 valence electrons. The molecular weight excluding hydrogens is 288 g/mol. The molecule has 0 saturated heterocycles. The Hall–Kier alpha value is -1.89. The van der Waals surface area contributed by atoms with Crippen molar-refractivity contribution < 1.29 is 22.3 Å². The fourth-order valence-corrected chi connectivity index (χ4v) is 1.86. The predicted molar refractivity (Wildman–Crippen MR) is 71.0 cm³/mol. The maximum atomic E-state index is 12.8. The van der Waals surface area contributed by atoms with Crippen molar-refractivity contribution in [3.8, 4) is 5.75 Å². The number of hydrogen-bond donors (Lipinski definition) is 1. The molecule has 1 heterocycles. The van der Waals surface area contributed by atoms with E-state index in [-0.39, 0.29) is 6.54 Å². The molecule has 0 spiro atoms. The zero-order valence-electron chi connectivity index (χ0n) is 11.2. The Labute approximate surface area is 118 Å². The van der Waals surface area contributed by atoms with E-state index < -0.39 is 18.9 Å². The average molecular weight is 302 g/mol. The van der Waals surface area contributed by atoms with Gasteiger partial charge in [-0.25, -0.2) is 13.8 Å². The molecule has 1 N–H and O–H groups in total. The summed E-state index contributed by atoms with van der Waals surface area (Å²) in [6.45, 7) is -1.13. The number of ether oxygens (including phenoxy) is 1. The number of benzene rings is 1. The molecule has 2 rings (SSSR count). The fraction of sp³-hybridized carbons (Fsp3) is 0.357. The van der Waals surface area contributed by atoms with E-state index in [0.29, 0.717) is 17.0 Å².